The van der Waals surface area contributed by atoms with Crippen molar-refractivity contribution in [2.45, 2.75) is 57.7 Å². The topological polar surface area (TPSA) is 78.4 Å². The number of aryl methyl sites for hydroxylation is 1. The standard InChI is InChI=1S/C21H25FN4O2/c1-12-6-17-9-21(8-12,14(3)27)26(17)20(28)25-16-5-4-13(2)18(7-16)19-23-10-15(22)11-24-19/h4-5,7,10-12,14,17,27H,6,8-9H2,1-3H3,(H,25,28)/t12-,14-,17+,21?/m0/s1. The Hall–Kier alpha value is -2.54. The quantitative estimate of drug-likeness (QED) is 0.845. The number of nitrogens with one attached hydrogen (secondary N) is 1. The molecule has 2 aliphatic heterocycles. The fraction of sp³-hybridized carbons (Fsp3) is 0.476. The molecule has 28 heavy (non-hydrogen) atoms. The molecule has 6 nitrogen and oxygen atoms in total. The van der Waals surface area contributed by atoms with Crippen LogP contribution in [0.3, 0.4) is 0 Å². The Balaban J connectivity index is 1.57. The summed E-state index contributed by atoms with van der Waals surface area (Å²) >= 11 is 0. The highest BCUT2D eigenvalue weighted by molar-refractivity contribution is 5.92. The number of hydrogen-bond donors (Lipinski definition) is 2. The van der Waals surface area contributed by atoms with E-state index in [-0.39, 0.29) is 12.1 Å². The number of anilines is 1. The largest absolute Gasteiger partial charge is 0.391 e. The molecule has 2 aromatic rings. The minimum atomic E-state index is -0.571. The van der Waals surface area contributed by atoms with E-state index in [9.17, 15) is 14.3 Å². The van der Waals surface area contributed by atoms with Gasteiger partial charge in [-0.05, 0) is 56.7 Å². The van der Waals surface area contributed by atoms with Crippen LogP contribution in [0, 0.1) is 18.7 Å². The average molecular weight is 384 g/mol. The first-order valence-electron chi connectivity index (χ1n) is 9.67. The van der Waals surface area contributed by atoms with Gasteiger partial charge >= 0.3 is 6.03 Å². The zero-order valence-electron chi connectivity index (χ0n) is 16.3. The number of aliphatic hydroxyl groups excluding tert-OH is 1. The van der Waals surface area contributed by atoms with Gasteiger partial charge in [0.05, 0.1) is 24.0 Å². The summed E-state index contributed by atoms with van der Waals surface area (Å²) in [5.41, 5.74) is 1.82. The van der Waals surface area contributed by atoms with Crippen molar-refractivity contribution in [3.8, 4) is 11.4 Å². The molecule has 0 saturated carbocycles. The maximum atomic E-state index is 13.1. The van der Waals surface area contributed by atoms with E-state index in [2.05, 4.69) is 22.2 Å². The van der Waals surface area contributed by atoms with Crippen LogP contribution < -0.4 is 5.32 Å². The molecular formula is C21H25FN4O2. The third-order valence-electron chi connectivity index (χ3n) is 6.16. The number of piperidine rings is 1. The van der Waals surface area contributed by atoms with Gasteiger partial charge in [-0.1, -0.05) is 13.0 Å². The number of rotatable bonds is 3. The first-order valence-corrected chi connectivity index (χ1v) is 9.67. The lowest BCUT2D eigenvalue weighted by Gasteiger charge is -2.64. The van der Waals surface area contributed by atoms with Gasteiger partial charge in [-0.25, -0.2) is 19.2 Å². The van der Waals surface area contributed by atoms with Crippen molar-refractivity contribution in [1.29, 1.82) is 0 Å². The Bertz CT molecular complexity index is 902. The predicted molar refractivity (Wildman–Crippen MR) is 104 cm³/mol. The second-order valence-corrected chi connectivity index (χ2v) is 8.24. The van der Waals surface area contributed by atoms with Crippen molar-refractivity contribution in [1.82, 2.24) is 14.9 Å². The van der Waals surface area contributed by atoms with E-state index in [4.69, 9.17) is 0 Å². The highest BCUT2D eigenvalue weighted by atomic mass is 19.1. The number of nitrogens with zero attached hydrogens (tertiary/aromatic N) is 3. The highest BCUT2D eigenvalue weighted by Gasteiger charge is 2.60. The number of fused-ring (bicyclic) bond motifs is 2. The van der Waals surface area contributed by atoms with Gasteiger partial charge in [0.1, 0.15) is 0 Å². The molecule has 1 aromatic heterocycles. The molecule has 1 unspecified atom stereocenters. The molecule has 2 bridgehead atoms. The molecule has 2 aliphatic rings. The van der Waals surface area contributed by atoms with E-state index >= 15 is 0 Å². The first-order chi connectivity index (χ1) is 13.3. The lowest BCUT2D eigenvalue weighted by Crippen LogP contribution is -2.76. The molecule has 2 amide bonds. The third kappa shape index (κ3) is 3.03. The molecule has 7 heteroatoms. The van der Waals surface area contributed by atoms with E-state index in [1.807, 2.05) is 24.0 Å². The summed E-state index contributed by atoms with van der Waals surface area (Å²) in [6, 6.07) is 5.48. The summed E-state index contributed by atoms with van der Waals surface area (Å²) in [5, 5.41) is 13.3. The number of amides is 2. The number of aliphatic hydroxyl groups is 1. The summed E-state index contributed by atoms with van der Waals surface area (Å²) in [7, 11) is 0. The number of halogens is 1. The Kier molecular flexibility index (Phi) is 4.57. The van der Waals surface area contributed by atoms with E-state index in [1.54, 1.807) is 13.0 Å². The monoisotopic (exact) mass is 384 g/mol. The van der Waals surface area contributed by atoms with Gasteiger partial charge in [-0.3, -0.25) is 0 Å². The predicted octanol–water partition coefficient (Wildman–Crippen LogP) is 3.75. The Morgan fingerprint density at radius 3 is 2.75 bits per heavy atom. The Morgan fingerprint density at radius 1 is 1.36 bits per heavy atom. The SMILES string of the molecule is Cc1ccc(NC(=O)N2[C@@H]3C[C@H](C)CC2([C@H](C)O)C3)cc1-c1ncc(F)cn1. The van der Waals surface area contributed by atoms with Gasteiger partial charge < -0.3 is 15.3 Å². The number of carbonyl (C=O) groups excluding carboxylic acids is 1. The maximum Gasteiger partial charge on any atom is 0.322 e. The van der Waals surface area contributed by atoms with Crippen LogP contribution in [0.5, 0.6) is 0 Å². The molecule has 0 aliphatic carbocycles. The number of aromatic nitrogens is 2. The van der Waals surface area contributed by atoms with Crippen LogP contribution in [0.15, 0.2) is 30.6 Å². The van der Waals surface area contributed by atoms with Crippen molar-refractivity contribution in [3.63, 3.8) is 0 Å². The Morgan fingerprint density at radius 2 is 2.07 bits per heavy atom. The summed E-state index contributed by atoms with van der Waals surface area (Å²) in [6.45, 7) is 5.86. The van der Waals surface area contributed by atoms with Gasteiger partial charge in [0.25, 0.3) is 0 Å². The van der Waals surface area contributed by atoms with Crippen molar-refractivity contribution in [2.24, 2.45) is 5.92 Å². The molecule has 0 spiro atoms. The van der Waals surface area contributed by atoms with E-state index < -0.39 is 17.5 Å². The number of benzene rings is 1. The summed E-state index contributed by atoms with van der Waals surface area (Å²) in [6.07, 6.45) is 4.31. The molecule has 148 valence electrons. The molecule has 2 fully saturated rings. The second kappa shape index (κ2) is 6.81. The molecule has 2 N–H and O–H groups in total. The van der Waals surface area contributed by atoms with Crippen molar-refractivity contribution >= 4 is 11.7 Å². The minimum Gasteiger partial charge on any atom is -0.391 e. The van der Waals surface area contributed by atoms with Gasteiger partial charge in [-0.2, -0.15) is 0 Å². The van der Waals surface area contributed by atoms with Gasteiger partial charge in [-0.15, -0.1) is 0 Å². The van der Waals surface area contributed by atoms with E-state index in [0.29, 0.717) is 17.4 Å². The zero-order chi connectivity index (χ0) is 20.1. The maximum absolute atomic E-state index is 13.1. The molecule has 4 atom stereocenters. The molecule has 2 saturated heterocycles. The summed E-state index contributed by atoms with van der Waals surface area (Å²) in [5.74, 6) is 0.414. The van der Waals surface area contributed by atoms with Crippen molar-refractivity contribution in [3.05, 3.63) is 42.0 Å². The van der Waals surface area contributed by atoms with E-state index in [1.165, 1.54) is 0 Å². The summed E-state index contributed by atoms with van der Waals surface area (Å²) in [4.78, 5) is 22.9. The number of carbonyl (C=O) groups is 1. The molecule has 0 radical (unpaired) electrons. The summed E-state index contributed by atoms with van der Waals surface area (Å²) < 4.78 is 13.1. The van der Waals surface area contributed by atoms with Crippen LogP contribution in [-0.2, 0) is 0 Å². The van der Waals surface area contributed by atoms with Crippen molar-refractivity contribution in [2.75, 3.05) is 5.32 Å². The van der Waals surface area contributed by atoms with Crippen LogP contribution in [0.4, 0.5) is 14.9 Å². The van der Waals surface area contributed by atoms with Gasteiger partial charge in [0.15, 0.2) is 11.6 Å². The molecule has 4 rings (SSSR count). The smallest absolute Gasteiger partial charge is 0.322 e. The molecular weight excluding hydrogens is 359 g/mol. The van der Waals surface area contributed by atoms with Crippen LogP contribution >= 0.6 is 0 Å². The highest BCUT2D eigenvalue weighted by Crippen LogP contribution is 2.51. The lowest BCUT2D eigenvalue weighted by atomic mass is 9.62. The first kappa shape index (κ1) is 18.8. The number of hydrogen-bond acceptors (Lipinski definition) is 4. The fourth-order valence-corrected chi connectivity index (χ4v) is 4.86. The van der Waals surface area contributed by atoms with Crippen molar-refractivity contribution < 1.29 is 14.3 Å². The zero-order valence-corrected chi connectivity index (χ0v) is 16.3. The van der Waals surface area contributed by atoms with E-state index in [0.717, 1.165) is 42.8 Å². The van der Waals surface area contributed by atoms with Crippen LogP contribution in [-0.4, -0.2) is 43.7 Å². The van der Waals surface area contributed by atoms with Gasteiger partial charge in [0.2, 0.25) is 0 Å². The average Bonchev–Trinajstić information content (AvgIpc) is 2.63. The molecule has 3 heterocycles. The van der Waals surface area contributed by atoms with Gasteiger partial charge in [0, 0.05) is 17.3 Å². The third-order valence-corrected chi connectivity index (χ3v) is 6.16. The van der Waals surface area contributed by atoms with Crippen LogP contribution in [0.25, 0.3) is 11.4 Å². The number of urea groups is 1. The molecule has 1 aromatic carbocycles. The minimum absolute atomic E-state index is 0.170. The van der Waals surface area contributed by atoms with Crippen LogP contribution in [0.2, 0.25) is 0 Å². The Labute approximate surface area is 163 Å². The normalized spacial score (nSPS) is 27.1. The fourth-order valence-electron chi connectivity index (χ4n) is 4.86. The van der Waals surface area contributed by atoms with Crippen LogP contribution in [0.1, 0.15) is 38.7 Å². The lowest BCUT2D eigenvalue weighted by molar-refractivity contribution is -0.146. The second-order valence-electron chi connectivity index (χ2n) is 8.24.